The van der Waals surface area contributed by atoms with Crippen molar-refractivity contribution in [2.45, 2.75) is 24.6 Å². The van der Waals surface area contributed by atoms with E-state index in [2.05, 4.69) is 15.9 Å². The lowest BCUT2D eigenvalue weighted by Crippen LogP contribution is -2.37. The number of carbonyl (C=O) groups is 1. The number of aryl methyl sites for hydroxylation is 1. The Hall–Kier alpha value is -0.770. The Morgan fingerprint density at radius 3 is 2.81 bits per heavy atom. The molecule has 16 heavy (non-hydrogen) atoms. The Bertz CT molecular complexity index is 382. The summed E-state index contributed by atoms with van der Waals surface area (Å²) in [7, 11) is 1.85. The lowest BCUT2D eigenvalue weighted by molar-refractivity contribution is 0.0748. The summed E-state index contributed by atoms with van der Waals surface area (Å²) in [6.07, 6.45) is 3.87. The summed E-state index contributed by atoms with van der Waals surface area (Å²) in [5.74, 6) is 1.47. The first-order chi connectivity index (χ1) is 7.56. The normalized spacial score (nSPS) is 23.9. The molecule has 0 aliphatic heterocycles. The Balaban J connectivity index is 1.89. The van der Waals surface area contributed by atoms with Crippen LogP contribution < -0.4 is 0 Å². The molecule has 4 heteroatoms. The van der Waals surface area contributed by atoms with Crippen LogP contribution in [0.5, 0.6) is 0 Å². The molecule has 2 rings (SSSR count). The third-order valence-corrected chi connectivity index (χ3v) is 3.78. The molecule has 1 fully saturated rings. The molecule has 1 aromatic heterocycles. The first-order valence-electron chi connectivity index (χ1n) is 5.51. The van der Waals surface area contributed by atoms with E-state index >= 15 is 0 Å². The molecule has 0 radical (unpaired) electrons. The second-order valence-electron chi connectivity index (χ2n) is 4.57. The minimum Gasteiger partial charge on any atom is -0.469 e. The highest BCUT2D eigenvalue weighted by atomic mass is 79.9. The zero-order valence-electron chi connectivity index (χ0n) is 9.57. The predicted octanol–water partition coefficient (Wildman–Crippen LogP) is 2.83. The number of amides is 1. The van der Waals surface area contributed by atoms with Gasteiger partial charge in [0.1, 0.15) is 12.0 Å². The minimum absolute atomic E-state index is 0.0508. The summed E-state index contributed by atoms with van der Waals surface area (Å²) in [6.45, 7) is 2.68. The summed E-state index contributed by atoms with van der Waals surface area (Å²) in [5.41, 5.74) is 0.648. The number of halogens is 1. The van der Waals surface area contributed by atoms with Gasteiger partial charge in [0, 0.05) is 18.4 Å². The maximum absolute atomic E-state index is 12.0. The fourth-order valence-electron chi connectivity index (χ4n) is 2.05. The second-order valence-corrected chi connectivity index (χ2v) is 5.86. The van der Waals surface area contributed by atoms with Gasteiger partial charge in [0.05, 0.1) is 5.56 Å². The summed E-state index contributed by atoms with van der Waals surface area (Å²) in [6, 6.07) is 1.78. The molecule has 0 saturated heterocycles. The number of carbonyl (C=O) groups excluding carboxylic acids is 1. The average Bonchev–Trinajstić information content (AvgIpc) is 2.61. The first-order valence-corrected chi connectivity index (χ1v) is 6.42. The van der Waals surface area contributed by atoms with Gasteiger partial charge in [-0.25, -0.2) is 0 Å². The van der Waals surface area contributed by atoms with Gasteiger partial charge in [0.2, 0.25) is 0 Å². The summed E-state index contributed by atoms with van der Waals surface area (Å²) < 4.78 is 5.14. The predicted molar refractivity (Wildman–Crippen MR) is 65.8 cm³/mol. The quantitative estimate of drug-likeness (QED) is 0.801. The van der Waals surface area contributed by atoms with Crippen LogP contribution >= 0.6 is 15.9 Å². The van der Waals surface area contributed by atoms with Gasteiger partial charge in [-0.05, 0) is 31.7 Å². The van der Waals surface area contributed by atoms with E-state index < -0.39 is 0 Å². The minimum atomic E-state index is 0.0508. The van der Waals surface area contributed by atoms with E-state index in [1.807, 2.05) is 14.0 Å². The third-order valence-electron chi connectivity index (χ3n) is 3.03. The standard InChI is InChI=1S/C12H16BrNO2/c1-8-3-10(7-16-8)12(15)14(2)6-9-4-11(13)5-9/h3,7,9,11H,4-6H2,1-2H3. The number of alkyl halides is 1. The van der Waals surface area contributed by atoms with Crippen molar-refractivity contribution in [3.8, 4) is 0 Å². The summed E-state index contributed by atoms with van der Waals surface area (Å²) >= 11 is 3.56. The zero-order chi connectivity index (χ0) is 11.7. The third kappa shape index (κ3) is 2.48. The highest BCUT2D eigenvalue weighted by Gasteiger charge is 2.29. The van der Waals surface area contributed by atoms with Crippen LogP contribution in [0, 0.1) is 12.8 Å². The van der Waals surface area contributed by atoms with Gasteiger partial charge in [-0.1, -0.05) is 15.9 Å². The molecule has 1 saturated carbocycles. The SMILES string of the molecule is Cc1cc(C(=O)N(C)CC2CC(Br)C2)co1. The number of nitrogens with zero attached hydrogens (tertiary/aromatic N) is 1. The fourth-order valence-corrected chi connectivity index (χ4v) is 3.11. The van der Waals surface area contributed by atoms with Crippen molar-refractivity contribution < 1.29 is 9.21 Å². The molecule has 1 aliphatic carbocycles. The van der Waals surface area contributed by atoms with Gasteiger partial charge in [-0.3, -0.25) is 4.79 Å². The van der Waals surface area contributed by atoms with Crippen LogP contribution in [0.15, 0.2) is 16.7 Å². The molecular weight excluding hydrogens is 270 g/mol. The van der Waals surface area contributed by atoms with Gasteiger partial charge in [0.15, 0.2) is 0 Å². The van der Waals surface area contributed by atoms with E-state index in [9.17, 15) is 4.79 Å². The van der Waals surface area contributed by atoms with Crippen molar-refractivity contribution in [1.29, 1.82) is 0 Å². The first kappa shape index (κ1) is 11.7. The van der Waals surface area contributed by atoms with E-state index in [1.165, 1.54) is 19.1 Å². The molecular formula is C12H16BrNO2. The molecule has 3 nitrogen and oxygen atoms in total. The molecule has 1 amide bonds. The molecule has 0 spiro atoms. The van der Waals surface area contributed by atoms with Gasteiger partial charge >= 0.3 is 0 Å². The second kappa shape index (κ2) is 4.62. The van der Waals surface area contributed by atoms with E-state index in [-0.39, 0.29) is 5.91 Å². The number of furan rings is 1. The lowest BCUT2D eigenvalue weighted by Gasteiger charge is -2.34. The summed E-state index contributed by atoms with van der Waals surface area (Å²) in [4.78, 5) is 14.4. The van der Waals surface area contributed by atoms with Gasteiger partial charge < -0.3 is 9.32 Å². The van der Waals surface area contributed by atoms with E-state index in [1.54, 1.807) is 11.0 Å². The highest BCUT2D eigenvalue weighted by Crippen LogP contribution is 2.33. The van der Waals surface area contributed by atoms with Gasteiger partial charge in [-0.2, -0.15) is 0 Å². The molecule has 0 atom stereocenters. The summed E-state index contributed by atoms with van der Waals surface area (Å²) in [5, 5.41) is 0. The average molecular weight is 286 g/mol. The molecule has 1 heterocycles. The number of rotatable bonds is 3. The van der Waals surface area contributed by atoms with Crippen LogP contribution in [0.3, 0.4) is 0 Å². The smallest absolute Gasteiger partial charge is 0.256 e. The van der Waals surface area contributed by atoms with Crippen molar-refractivity contribution in [2.75, 3.05) is 13.6 Å². The molecule has 0 aromatic carbocycles. The molecule has 0 unspecified atom stereocenters. The van der Waals surface area contributed by atoms with Crippen molar-refractivity contribution in [1.82, 2.24) is 4.90 Å². The molecule has 0 N–H and O–H groups in total. The molecule has 0 bridgehead atoms. The fraction of sp³-hybridized carbons (Fsp3) is 0.583. The topological polar surface area (TPSA) is 33.5 Å². The van der Waals surface area contributed by atoms with Crippen molar-refractivity contribution in [3.05, 3.63) is 23.7 Å². The maximum atomic E-state index is 12.0. The van der Waals surface area contributed by atoms with E-state index in [0.717, 1.165) is 12.3 Å². The van der Waals surface area contributed by atoms with E-state index in [4.69, 9.17) is 4.42 Å². The van der Waals surface area contributed by atoms with Crippen LogP contribution in [-0.4, -0.2) is 29.2 Å². The Kier molecular flexibility index (Phi) is 3.38. The Morgan fingerprint density at radius 2 is 2.31 bits per heavy atom. The van der Waals surface area contributed by atoms with Crippen LogP contribution in [-0.2, 0) is 0 Å². The Morgan fingerprint density at radius 1 is 1.62 bits per heavy atom. The van der Waals surface area contributed by atoms with Crippen LogP contribution in [0.4, 0.5) is 0 Å². The van der Waals surface area contributed by atoms with Crippen molar-refractivity contribution >= 4 is 21.8 Å². The Labute approximate surface area is 104 Å². The highest BCUT2D eigenvalue weighted by molar-refractivity contribution is 9.09. The lowest BCUT2D eigenvalue weighted by atomic mass is 9.85. The number of hydrogen-bond acceptors (Lipinski definition) is 2. The van der Waals surface area contributed by atoms with E-state index in [0.29, 0.717) is 16.3 Å². The van der Waals surface area contributed by atoms with Crippen molar-refractivity contribution in [2.24, 2.45) is 5.92 Å². The number of hydrogen-bond donors (Lipinski definition) is 0. The van der Waals surface area contributed by atoms with Gasteiger partial charge in [0.25, 0.3) is 5.91 Å². The van der Waals surface area contributed by atoms with Crippen LogP contribution in [0.1, 0.15) is 29.0 Å². The molecule has 1 aliphatic rings. The van der Waals surface area contributed by atoms with Gasteiger partial charge in [-0.15, -0.1) is 0 Å². The molecule has 1 aromatic rings. The zero-order valence-corrected chi connectivity index (χ0v) is 11.2. The van der Waals surface area contributed by atoms with Crippen LogP contribution in [0.2, 0.25) is 0 Å². The largest absolute Gasteiger partial charge is 0.469 e. The monoisotopic (exact) mass is 285 g/mol. The maximum Gasteiger partial charge on any atom is 0.256 e. The molecule has 88 valence electrons. The van der Waals surface area contributed by atoms with Crippen LogP contribution in [0.25, 0.3) is 0 Å². The van der Waals surface area contributed by atoms with Crippen molar-refractivity contribution in [3.63, 3.8) is 0 Å².